The minimum Gasteiger partial charge on any atom is -0.399 e. The molecule has 3 nitrogen and oxygen atoms in total. The van der Waals surface area contributed by atoms with Crippen LogP contribution in [0.4, 0.5) is 17.1 Å². The van der Waals surface area contributed by atoms with Crippen molar-refractivity contribution in [1.29, 1.82) is 5.26 Å². The maximum Gasteiger partial charge on any atom is 0.101 e. The van der Waals surface area contributed by atoms with E-state index in [4.69, 9.17) is 11.0 Å². The third kappa shape index (κ3) is 2.58. The average Bonchev–Trinajstić information content (AvgIpc) is 2.33. The second-order valence-electron chi connectivity index (χ2n) is 3.52. The fourth-order valence-electron chi connectivity index (χ4n) is 1.47. The minimum absolute atomic E-state index is 0.608. The Bertz CT molecular complexity index is 587. The number of anilines is 3. The van der Waals surface area contributed by atoms with Crippen molar-refractivity contribution in [1.82, 2.24) is 0 Å². The van der Waals surface area contributed by atoms with Gasteiger partial charge in [-0.3, -0.25) is 0 Å². The molecule has 0 saturated carbocycles. The van der Waals surface area contributed by atoms with Crippen molar-refractivity contribution in [2.75, 3.05) is 11.1 Å². The molecule has 0 amide bonds. The number of nitrogen functional groups attached to an aromatic ring is 1. The van der Waals surface area contributed by atoms with E-state index in [0.717, 1.165) is 15.8 Å². The molecule has 0 aliphatic carbocycles. The number of hydrogen-bond acceptors (Lipinski definition) is 3. The summed E-state index contributed by atoms with van der Waals surface area (Å²) in [5.41, 5.74) is 8.62. The molecule has 2 aromatic carbocycles. The van der Waals surface area contributed by atoms with E-state index < -0.39 is 0 Å². The van der Waals surface area contributed by atoms with E-state index in [1.54, 1.807) is 6.07 Å². The highest BCUT2D eigenvalue weighted by Crippen LogP contribution is 2.28. The molecule has 0 bridgehead atoms. The Morgan fingerprint density at radius 3 is 2.59 bits per heavy atom. The summed E-state index contributed by atoms with van der Waals surface area (Å²) >= 11 is 3.43. The van der Waals surface area contributed by atoms with Crippen LogP contribution in [0.5, 0.6) is 0 Å². The SMILES string of the molecule is N#Cc1ccccc1Nc1ccc(N)cc1Br. The molecular weight excluding hydrogens is 278 g/mol. The Balaban J connectivity index is 2.35. The van der Waals surface area contributed by atoms with Crippen LogP contribution in [0.1, 0.15) is 5.56 Å². The summed E-state index contributed by atoms with van der Waals surface area (Å²) in [5, 5.41) is 12.2. The third-order valence-electron chi connectivity index (χ3n) is 2.31. The van der Waals surface area contributed by atoms with Gasteiger partial charge in [-0.15, -0.1) is 0 Å². The Morgan fingerprint density at radius 2 is 1.88 bits per heavy atom. The molecule has 2 rings (SSSR count). The van der Waals surface area contributed by atoms with Crippen molar-refractivity contribution < 1.29 is 0 Å². The number of rotatable bonds is 2. The maximum atomic E-state index is 8.99. The summed E-state index contributed by atoms with van der Waals surface area (Å²) < 4.78 is 0.866. The lowest BCUT2D eigenvalue weighted by atomic mass is 10.2. The Kier molecular flexibility index (Phi) is 3.31. The van der Waals surface area contributed by atoms with Crippen molar-refractivity contribution >= 4 is 33.0 Å². The fourth-order valence-corrected chi connectivity index (χ4v) is 1.96. The predicted molar refractivity (Wildman–Crippen MR) is 73.0 cm³/mol. The highest BCUT2D eigenvalue weighted by Gasteiger charge is 2.04. The van der Waals surface area contributed by atoms with Gasteiger partial charge < -0.3 is 11.1 Å². The van der Waals surface area contributed by atoms with Crippen molar-refractivity contribution in [2.24, 2.45) is 0 Å². The lowest BCUT2D eigenvalue weighted by molar-refractivity contribution is 1.45. The van der Waals surface area contributed by atoms with E-state index in [1.807, 2.05) is 36.4 Å². The highest BCUT2D eigenvalue weighted by atomic mass is 79.9. The predicted octanol–water partition coefficient (Wildman–Crippen LogP) is 3.65. The van der Waals surface area contributed by atoms with Crippen LogP contribution >= 0.6 is 15.9 Å². The van der Waals surface area contributed by atoms with Gasteiger partial charge in [0.25, 0.3) is 0 Å². The molecule has 84 valence electrons. The van der Waals surface area contributed by atoms with Crippen LogP contribution in [0.25, 0.3) is 0 Å². The van der Waals surface area contributed by atoms with Gasteiger partial charge in [0.15, 0.2) is 0 Å². The quantitative estimate of drug-likeness (QED) is 0.829. The summed E-state index contributed by atoms with van der Waals surface area (Å²) in [6.07, 6.45) is 0. The first-order chi connectivity index (χ1) is 8.20. The first-order valence-electron chi connectivity index (χ1n) is 5.02. The molecule has 0 fully saturated rings. The largest absolute Gasteiger partial charge is 0.399 e. The van der Waals surface area contributed by atoms with Crippen LogP contribution in [-0.4, -0.2) is 0 Å². The molecule has 0 heterocycles. The van der Waals surface area contributed by atoms with Crippen LogP contribution in [0.15, 0.2) is 46.9 Å². The van der Waals surface area contributed by atoms with Crippen LogP contribution in [-0.2, 0) is 0 Å². The number of nitriles is 1. The van der Waals surface area contributed by atoms with Crippen LogP contribution in [0, 0.1) is 11.3 Å². The van der Waals surface area contributed by atoms with E-state index in [1.165, 1.54) is 0 Å². The first kappa shape index (κ1) is 11.5. The van der Waals surface area contributed by atoms with Crippen LogP contribution < -0.4 is 11.1 Å². The molecule has 0 unspecified atom stereocenters. The van der Waals surface area contributed by atoms with Gasteiger partial charge in [-0.1, -0.05) is 12.1 Å². The molecule has 2 aromatic rings. The second-order valence-corrected chi connectivity index (χ2v) is 4.38. The standard InChI is InChI=1S/C13H10BrN3/c14-11-7-10(16)5-6-13(11)17-12-4-2-1-3-9(12)8-15/h1-7,17H,16H2. The maximum absolute atomic E-state index is 8.99. The fraction of sp³-hybridized carbons (Fsp3) is 0. The molecule has 0 saturated heterocycles. The van der Waals surface area contributed by atoms with Crippen LogP contribution in [0.3, 0.4) is 0 Å². The molecule has 4 heteroatoms. The van der Waals surface area contributed by atoms with Crippen LogP contribution in [0.2, 0.25) is 0 Å². The number of benzene rings is 2. The zero-order valence-electron chi connectivity index (χ0n) is 8.94. The van der Waals surface area contributed by atoms with Gasteiger partial charge in [-0.05, 0) is 46.3 Å². The van der Waals surface area contributed by atoms with Gasteiger partial charge >= 0.3 is 0 Å². The van der Waals surface area contributed by atoms with Gasteiger partial charge in [0.2, 0.25) is 0 Å². The zero-order valence-corrected chi connectivity index (χ0v) is 10.5. The average molecular weight is 288 g/mol. The van der Waals surface area contributed by atoms with Gasteiger partial charge in [0, 0.05) is 10.2 Å². The summed E-state index contributed by atoms with van der Waals surface area (Å²) in [4.78, 5) is 0. The monoisotopic (exact) mass is 287 g/mol. The van der Waals surface area contributed by atoms with E-state index in [-0.39, 0.29) is 0 Å². The summed E-state index contributed by atoms with van der Waals surface area (Å²) in [6.45, 7) is 0. The molecular formula is C13H10BrN3. The lowest BCUT2D eigenvalue weighted by Gasteiger charge is -2.10. The van der Waals surface area contributed by atoms with Gasteiger partial charge in [-0.2, -0.15) is 5.26 Å². The van der Waals surface area contributed by atoms with Crippen molar-refractivity contribution in [2.45, 2.75) is 0 Å². The summed E-state index contributed by atoms with van der Waals surface area (Å²) in [5.74, 6) is 0. The zero-order chi connectivity index (χ0) is 12.3. The number of para-hydroxylation sites is 1. The Labute approximate surface area is 108 Å². The number of nitrogens with one attached hydrogen (secondary N) is 1. The van der Waals surface area contributed by atoms with E-state index in [9.17, 15) is 0 Å². The first-order valence-corrected chi connectivity index (χ1v) is 5.81. The smallest absolute Gasteiger partial charge is 0.101 e. The highest BCUT2D eigenvalue weighted by molar-refractivity contribution is 9.10. The minimum atomic E-state index is 0.608. The lowest BCUT2D eigenvalue weighted by Crippen LogP contribution is -1.95. The molecule has 0 aromatic heterocycles. The van der Waals surface area contributed by atoms with Crippen molar-refractivity contribution in [3.63, 3.8) is 0 Å². The summed E-state index contributed by atoms with van der Waals surface area (Å²) in [7, 11) is 0. The number of hydrogen-bond donors (Lipinski definition) is 2. The second kappa shape index (κ2) is 4.89. The molecule has 17 heavy (non-hydrogen) atoms. The Morgan fingerprint density at radius 1 is 1.12 bits per heavy atom. The molecule has 0 spiro atoms. The molecule has 0 aliphatic heterocycles. The summed E-state index contributed by atoms with van der Waals surface area (Å²) in [6, 6.07) is 15.0. The van der Waals surface area contributed by atoms with Gasteiger partial charge in [0.1, 0.15) is 6.07 Å². The number of halogens is 1. The van der Waals surface area contributed by atoms with E-state index >= 15 is 0 Å². The molecule has 3 N–H and O–H groups in total. The third-order valence-corrected chi connectivity index (χ3v) is 2.97. The number of nitrogens with zero attached hydrogens (tertiary/aromatic N) is 1. The van der Waals surface area contributed by atoms with E-state index in [2.05, 4.69) is 27.3 Å². The normalized spacial score (nSPS) is 9.65. The van der Waals surface area contributed by atoms with Crippen molar-refractivity contribution in [3.05, 3.63) is 52.5 Å². The Hall–Kier alpha value is -1.99. The van der Waals surface area contributed by atoms with Crippen molar-refractivity contribution in [3.8, 4) is 6.07 Å². The topological polar surface area (TPSA) is 61.8 Å². The van der Waals surface area contributed by atoms with Gasteiger partial charge in [-0.25, -0.2) is 0 Å². The molecule has 0 radical (unpaired) electrons. The van der Waals surface area contributed by atoms with E-state index in [0.29, 0.717) is 11.3 Å². The molecule has 0 atom stereocenters. The number of nitrogens with two attached hydrogens (primary N) is 1. The molecule has 0 aliphatic rings. The van der Waals surface area contributed by atoms with Gasteiger partial charge in [0.05, 0.1) is 16.9 Å².